The number of nitrogens with one attached hydrogen (secondary N) is 1. The van der Waals surface area contributed by atoms with Crippen LogP contribution in [0.2, 0.25) is 0 Å². The number of nitrogens with zero attached hydrogens (tertiary/aromatic N) is 2. The Balaban J connectivity index is 2.27. The average molecular weight is 277 g/mol. The van der Waals surface area contributed by atoms with Crippen molar-refractivity contribution in [3.8, 4) is 22.9 Å². The monoisotopic (exact) mass is 277 g/mol. The number of hydrogen-bond acceptors (Lipinski definition) is 6. The SMILES string of the molecule is CNC(C)Cc1nc(-c2cc(OC)cc(OC)c2)no1. The highest BCUT2D eigenvalue weighted by molar-refractivity contribution is 5.60. The van der Waals surface area contributed by atoms with Gasteiger partial charge < -0.3 is 19.3 Å². The molecule has 0 fully saturated rings. The van der Waals surface area contributed by atoms with Gasteiger partial charge in [-0.15, -0.1) is 0 Å². The summed E-state index contributed by atoms with van der Waals surface area (Å²) in [6.45, 7) is 2.05. The van der Waals surface area contributed by atoms with Crippen molar-refractivity contribution in [2.24, 2.45) is 0 Å². The lowest BCUT2D eigenvalue weighted by Gasteiger charge is -2.06. The third kappa shape index (κ3) is 3.27. The van der Waals surface area contributed by atoms with Gasteiger partial charge in [0.05, 0.1) is 14.2 Å². The molecule has 0 saturated carbocycles. The summed E-state index contributed by atoms with van der Waals surface area (Å²) in [7, 11) is 5.11. The van der Waals surface area contributed by atoms with Gasteiger partial charge in [-0.25, -0.2) is 0 Å². The van der Waals surface area contributed by atoms with Gasteiger partial charge in [-0.3, -0.25) is 0 Å². The van der Waals surface area contributed by atoms with Gasteiger partial charge in [-0.1, -0.05) is 5.16 Å². The maximum absolute atomic E-state index is 5.26. The van der Waals surface area contributed by atoms with Gasteiger partial charge in [0, 0.05) is 24.1 Å². The molecule has 0 radical (unpaired) electrons. The third-order valence-electron chi connectivity index (χ3n) is 3.05. The smallest absolute Gasteiger partial charge is 0.228 e. The first-order chi connectivity index (χ1) is 9.66. The lowest BCUT2D eigenvalue weighted by Crippen LogP contribution is -2.23. The van der Waals surface area contributed by atoms with Crippen LogP contribution in [-0.4, -0.2) is 37.4 Å². The van der Waals surface area contributed by atoms with Crippen molar-refractivity contribution in [3.05, 3.63) is 24.1 Å². The molecule has 2 rings (SSSR count). The molecule has 1 aromatic heterocycles. The lowest BCUT2D eigenvalue weighted by atomic mass is 10.2. The Morgan fingerprint density at radius 3 is 2.40 bits per heavy atom. The zero-order valence-electron chi connectivity index (χ0n) is 12.1. The van der Waals surface area contributed by atoms with Crippen LogP contribution < -0.4 is 14.8 Å². The molecule has 1 aromatic carbocycles. The molecule has 1 unspecified atom stereocenters. The van der Waals surface area contributed by atoms with Gasteiger partial charge in [0.1, 0.15) is 11.5 Å². The van der Waals surface area contributed by atoms with E-state index in [1.54, 1.807) is 20.3 Å². The van der Waals surface area contributed by atoms with Crippen molar-refractivity contribution in [1.29, 1.82) is 0 Å². The van der Waals surface area contributed by atoms with Crippen LogP contribution in [0, 0.1) is 0 Å². The molecule has 1 atom stereocenters. The molecule has 1 N–H and O–H groups in total. The highest BCUT2D eigenvalue weighted by Gasteiger charge is 2.13. The minimum absolute atomic E-state index is 0.281. The van der Waals surface area contributed by atoms with Crippen LogP contribution in [0.1, 0.15) is 12.8 Å². The molecule has 0 aliphatic heterocycles. The van der Waals surface area contributed by atoms with Crippen molar-refractivity contribution < 1.29 is 14.0 Å². The number of ether oxygens (including phenoxy) is 2. The molecule has 108 valence electrons. The van der Waals surface area contributed by atoms with E-state index in [2.05, 4.69) is 22.4 Å². The molecule has 0 amide bonds. The first kappa shape index (κ1) is 14.3. The summed E-state index contributed by atoms with van der Waals surface area (Å²) >= 11 is 0. The van der Waals surface area contributed by atoms with E-state index < -0.39 is 0 Å². The normalized spacial score (nSPS) is 12.2. The fraction of sp³-hybridized carbons (Fsp3) is 0.429. The van der Waals surface area contributed by atoms with Crippen LogP contribution in [0.5, 0.6) is 11.5 Å². The Kier molecular flexibility index (Phi) is 4.57. The summed E-state index contributed by atoms with van der Waals surface area (Å²) in [6, 6.07) is 5.77. The minimum atomic E-state index is 0.281. The first-order valence-corrected chi connectivity index (χ1v) is 6.39. The van der Waals surface area contributed by atoms with Crippen LogP contribution in [0.15, 0.2) is 22.7 Å². The Bertz CT molecular complexity index is 546. The van der Waals surface area contributed by atoms with Gasteiger partial charge >= 0.3 is 0 Å². The standard InChI is InChI=1S/C14H19N3O3/c1-9(15-2)5-13-16-14(17-20-13)10-6-11(18-3)8-12(7-10)19-4/h6-9,15H,5H2,1-4H3. The molecular formula is C14H19N3O3. The minimum Gasteiger partial charge on any atom is -0.497 e. The van der Waals surface area contributed by atoms with Gasteiger partial charge in [0.25, 0.3) is 0 Å². The lowest BCUT2D eigenvalue weighted by molar-refractivity contribution is 0.365. The number of hydrogen-bond donors (Lipinski definition) is 1. The van der Waals surface area contributed by atoms with Crippen molar-refractivity contribution in [1.82, 2.24) is 15.5 Å². The molecule has 0 spiro atoms. The summed E-state index contributed by atoms with van der Waals surface area (Å²) in [5.74, 6) is 2.51. The van der Waals surface area contributed by atoms with E-state index in [0.717, 1.165) is 5.56 Å². The van der Waals surface area contributed by atoms with E-state index in [4.69, 9.17) is 14.0 Å². The summed E-state index contributed by atoms with van der Waals surface area (Å²) in [4.78, 5) is 4.39. The quantitative estimate of drug-likeness (QED) is 0.869. The van der Waals surface area contributed by atoms with E-state index in [0.29, 0.717) is 29.6 Å². The van der Waals surface area contributed by atoms with Crippen LogP contribution >= 0.6 is 0 Å². The number of rotatable bonds is 6. The van der Waals surface area contributed by atoms with E-state index >= 15 is 0 Å². The maximum Gasteiger partial charge on any atom is 0.228 e. The Morgan fingerprint density at radius 2 is 1.85 bits per heavy atom. The van der Waals surface area contributed by atoms with E-state index in [9.17, 15) is 0 Å². The van der Waals surface area contributed by atoms with Crippen LogP contribution in [0.4, 0.5) is 0 Å². The number of benzene rings is 1. The first-order valence-electron chi connectivity index (χ1n) is 6.39. The zero-order valence-corrected chi connectivity index (χ0v) is 12.1. The Morgan fingerprint density at radius 1 is 1.20 bits per heavy atom. The molecule has 0 bridgehead atoms. The average Bonchev–Trinajstić information content (AvgIpc) is 2.94. The molecule has 2 aromatic rings. The summed E-state index contributed by atoms with van der Waals surface area (Å²) in [5, 5.41) is 7.13. The second-order valence-corrected chi connectivity index (χ2v) is 4.51. The number of aromatic nitrogens is 2. The molecule has 0 aliphatic rings. The van der Waals surface area contributed by atoms with Gasteiger partial charge in [0.15, 0.2) is 0 Å². The van der Waals surface area contributed by atoms with E-state index in [-0.39, 0.29) is 6.04 Å². The van der Waals surface area contributed by atoms with Crippen molar-refractivity contribution >= 4 is 0 Å². The predicted octanol–water partition coefficient (Wildman–Crippen LogP) is 1.90. The van der Waals surface area contributed by atoms with Crippen molar-refractivity contribution in [2.45, 2.75) is 19.4 Å². The van der Waals surface area contributed by atoms with Gasteiger partial charge in [0.2, 0.25) is 11.7 Å². The molecular weight excluding hydrogens is 258 g/mol. The summed E-state index contributed by atoms with van der Waals surface area (Å²) < 4.78 is 15.7. The predicted molar refractivity (Wildman–Crippen MR) is 75.1 cm³/mol. The van der Waals surface area contributed by atoms with Gasteiger partial charge in [-0.2, -0.15) is 4.98 Å². The molecule has 20 heavy (non-hydrogen) atoms. The molecule has 6 nitrogen and oxygen atoms in total. The van der Waals surface area contributed by atoms with Gasteiger partial charge in [-0.05, 0) is 26.1 Å². The van der Waals surface area contributed by atoms with Crippen LogP contribution in [0.3, 0.4) is 0 Å². The maximum atomic E-state index is 5.26. The third-order valence-corrected chi connectivity index (χ3v) is 3.05. The fourth-order valence-corrected chi connectivity index (χ4v) is 1.76. The fourth-order valence-electron chi connectivity index (χ4n) is 1.76. The highest BCUT2D eigenvalue weighted by Crippen LogP contribution is 2.28. The second kappa shape index (κ2) is 6.38. The largest absolute Gasteiger partial charge is 0.497 e. The highest BCUT2D eigenvalue weighted by atomic mass is 16.5. The van der Waals surface area contributed by atoms with E-state index in [1.165, 1.54) is 0 Å². The molecule has 0 saturated heterocycles. The zero-order chi connectivity index (χ0) is 14.5. The Labute approximate surface area is 118 Å². The molecule has 0 aliphatic carbocycles. The van der Waals surface area contributed by atoms with Crippen LogP contribution in [-0.2, 0) is 6.42 Å². The van der Waals surface area contributed by atoms with E-state index in [1.807, 2.05) is 19.2 Å². The molecule has 6 heteroatoms. The van der Waals surface area contributed by atoms with Crippen molar-refractivity contribution in [3.63, 3.8) is 0 Å². The second-order valence-electron chi connectivity index (χ2n) is 4.51. The van der Waals surface area contributed by atoms with Crippen molar-refractivity contribution in [2.75, 3.05) is 21.3 Å². The molecule has 1 heterocycles. The topological polar surface area (TPSA) is 69.4 Å². The van der Waals surface area contributed by atoms with Crippen LogP contribution in [0.25, 0.3) is 11.4 Å². The number of methoxy groups -OCH3 is 2. The summed E-state index contributed by atoms with van der Waals surface area (Å²) in [6.07, 6.45) is 0.685. The Hall–Kier alpha value is -2.08. The number of likely N-dealkylation sites (N-methyl/N-ethyl adjacent to an activating group) is 1. The summed E-state index contributed by atoms with van der Waals surface area (Å²) in [5.41, 5.74) is 0.799.